The highest BCUT2D eigenvalue weighted by molar-refractivity contribution is 5.42. The summed E-state index contributed by atoms with van der Waals surface area (Å²) in [5, 5.41) is 0. The van der Waals surface area contributed by atoms with Gasteiger partial charge in [0.15, 0.2) is 0 Å². The van der Waals surface area contributed by atoms with Gasteiger partial charge in [0.2, 0.25) is 0 Å². The van der Waals surface area contributed by atoms with Crippen LogP contribution in [0, 0.1) is 0 Å². The van der Waals surface area contributed by atoms with Crippen LogP contribution in [-0.2, 0) is 13.2 Å². The third kappa shape index (κ3) is 4.74. The van der Waals surface area contributed by atoms with Gasteiger partial charge in [-0.15, -0.1) is 0 Å². The van der Waals surface area contributed by atoms with Crippen LogP contribution in [-0.4, -0.2) is 30.6 Å². The van der Waals surface area contributed by atoms with Crippen molar-refractivity contribution < 1.29 is 14.2 Å². The molecule has 4 rings (SSSR count). The minimum absolute atomic E-state index is 0.331. The van der Waals surface area contributed by atoms with Gasteiger partial charge in [-0.3, -0.25) is 9.88 Å². The van der Waals surface area contributed by atoms with Crippen LogP contribution >= 0.6 is 0 Å². The lowest BCUT2D eigenvalue weighted by Crippen LogP contribution is -2.23. The molecule has 0 amide bonds. The van der Waals surface area contributed by atoms with Crippen LogP contribution in [0.3, 0.4) is 0 Å². The largest absolute Gasteiger partial charge is 0.497 e. The molecule has 0 saturated carbocycles. The fraction of sp³-hybridized carbons (Fsp3) is 0.320. The Morgan fingerprint density at radius 1 is 0.900 bits per heavy atom. The second kappa shape index (κ2) is 9.63. The topological polar surface area (TPSA) is 43.8 Å². The smallest absolute Gasteiger partial charge is 0.123 e. The molecule has 5 heteroatoms. The summed E-state index contributed by atoms with van der Waals surface area (Å²) < 4.78 is 17.0. The van der Waals surface area contributed by atoms with E-state index in [1.807, 2.05) is 36.4 Å². The van der Waals surface area contributed by atoms with Gasteiger partial charge in [-0.1, -0.05) is 12.1 Å². The van der Waals surface area contributed by atoms with Crippen molar-refractivity contribution in [3.8, 4) is 17.2 Å². The third-order valence-electron chi connectivity index (χ3n) is 5.62. The van der Waals surface area contributed by atoms with Crippen molar-refractivity contribution in [1.29, 1.82) is 0 Å². The Hall–Kier alpha value is -3.05. The fourth-order valence-corrected chi connectivity index (χ4v) is 4.04. The van der Waals surface area contributed by atoms with E-state index in [1.165, 1.54) is 17.5 Å². The van der Waals surface area contributed by atoms with Crippen LogP contribution < -0.4 is 14.2 Å². The quantitative estimate of drug-likeness (QED) is 0.528. The highest BCUT2D eigenvalue weighted by Gasteiger charge is 2.28. The molecule has 0 unspecified atom stereocenters. The van der Waals surface area contributed by atoms with Crippen LogP contribution in [0.2, 0.25) is 0 Å². The van der Waals surface area contributed by atoms with Gasteiger partial charge in [-0.25, -0.2) is 0 Å². The average molecular weight is 405 g/mol. The second-order valence-electron chi connectivity index (χ2n) is 7.52. The van der Waals surface area contributed by atoms with Gasteiger partial charge in [-0.05, 0) is 73.0 Å². The molecular weight excluding hydrogens is 376 g/mol. The van der Waals surface area contributed by atoms with E-state index in [1.54, 1.807) is 26.6 Å². The Morgan fingerprint density at radius 3 is 2.40 bits per heavy atom. The summed E-state index contributed by atoms with van der Waals surface area (Å²) in [6, 6.07) is 18.7. The summed E-state index contributed by atoms with van der Waals surface area (Å²) >= 11 is 0. The van der Waals surface area contributed by atoms with Crippen molar-refractivity contribution >= 4 is 0 Å². The molecule has 2 aromatic carbocycles. The molecule has 2 heterocycles. The molecule has 156 valence electrons. The van der Waals surface area contributed by atoms with E-state index < -0.39 is 0 Å². The number of benzene rings is 2. The summed E-state index contributed by atoms with van der Waals surface area (Å²) in [4.78, 5) is 6.55. The Kier molecular flexibility index (Phi) is 6.50. The Balaban J connectivity index is 1.42. The van der Waals surface area contributed by atoms with Gasteiger partial charge >= 0.3 is 0 Å². The number of rotatable bonds is 8. The standard InChI is InChI=1S/C25H28N2O3/c1-28-22-9-10-25(29-2)23(16-22)24-4-3-15-27(24)17-19-5-7-21(8-6-19)30-18-20-11-13-26-14-12-20/h5-14,16,24H,3-4,15,17-18H2,1-2H3/t24-/m1/s1. The predicted molar refractivity (Wildman–Crippen MR) is 117 cm³/mol. The summed E-state index contributed by atoms with van der Waals surface area (Å²) in [6.07, 6.45) is 5.87. The Bertz CT molecular complexity index is 944. The summed E-state index contributed by atoms with van der Waals surface area (Å²) in [7, 11) is 3.44. The molecule has 1 fully saturated rings. The monoisotopic (exact) mass is 404 g/mol. The van der Waals surface area contributed by atoms with E-state index in [9.17, 15) is 0 Å². The van der Waals surface area contributed by atoms with Gasteiger partial charge in [0.05, 0.1) is 14.2 Å². The number of hydrogen-bond donors (Lipinski definition) is 0. The molecule has 1 aliphatic rings. The second-order valence-corrected chi connectivity index (χ2v) is 7.52. The van der Waals surface area contributed by atoms with Crippen molar-refractivity contribution in [3.05, 3.63) is 83.7 Å². The van der Waals surface area contributed by atoms with E-state index >= 15 is 0 Å². The maximum absolute atomic E-state index is 5.89. The lowest BCUT2D eigenvalue weighted by atomic mass is 10.0. The van der Waals surface area contributed by atoms with Gasteiger partial charge in [-0.2, -0.15) is 0 Å². The third-order valence-corrected chi connectivity index (χ3v) is 5.62. The van der Waals surface area contributed by atoms with Gasteiger partial charge in [0, 0.05) is 30.5 Å². The minimum Gasteiger partial charge on any atom is -0.497 e. The Morgan fingerprint density at radius 2 is 1.67 bits per heavy atom. The molecule has 0 N–H and O–H groups in total. The number of ether oxygens (including phenoxy) is 3. The van der Waals surface area contributed by atoms with Crippen molar-refractivity contribution in [2.75, 3.05) is 20.8 Å². The zero-order valence-electron chi connectivity index (χ0n) is 17.6. The molecule has 0 bridgehead atoms. The lowest BCUT2D eigenvalue weighted by Gasteiger charge is -2.26. The Labute approximate surface area is 178 Å². The van der Waals surface area contributed by atoms with Crippen molar-refractivity contribution in [3.63, 3.8) is 0 Å². The first-order valence-corrected chi connectivity index (χ1v) is 10.3. The average Bonchev–Trinajstić information content (AvgIpc) is 3.26. The molecule has 0 aliphatic carbocycles. The molecule has 0 spiro atoms. The molecular formula is C25H28N2O3. The predicted octanol–water partition coefficient (Wildman–Crippen LogP) is 5.01. The van der Waals surface area contributed by atoms with Crippen LogP contribution in [0.15, 0.2) is 67.0 Å². The van der Waals surface area contributed by atoms with Crippen LogP contribution in [0.4, 0.5) is 0 Å². The van der Waals surface area contributed by atoms with Crippen LogP contribution in [0.1, 0.15) is 35.6 Å². The van der Waals surface area contributed by atoms with Crippen molar-refractivity contribution in [2.24, 2.45) is 0 Å². The van der Waals surface area contributed by atoms with E-state index in [4.69, 9.17) is 14.2 Å². The van der Waals surface area contributed by atoms with E-state index in [0.717, 1.165) is 42.3 Å². The summed E-state index contributed by atoms with van der Waals surface area (Å²) in [5.41, 5.74) is 3.59. The van der Waals surface area contributed by atoms with Crippen molar-refractivity contribution in [1.82, 2.24) is 9.88 Å². The summed E-state index contributed by atoms with van der Waals surface area (Å²) in [5.74, 6) is 2.67. The van der Waals surface area contributed by atoms with E-state index in [0.29, 0.717) is 12.6 Å². The molecule has 3 aromatic rings. The number of nitrogens with zero attached hydrogens (tertiary/aromatic N) is 2. The van der Waals surface area contributed by atoms with Crippen molar-refractivity contribution in [2.45, 2.75) is 32.0 Å². The molecule has 1 saturated heterocycles. The number of aromatic nitrogens is 1. The molecule has 1 aromatic heterocycles. The van der Waals surface area contributed by atoms with Crippen LogP contribution in [0.5, 0.6) is 17.2 Å². The van der Waals surface area contributed by atoms with E-state index in [-0.39, 0.29) is 0 Å². The van der Waals surface area contributed by atoms with Gasteiger partial charge in [0.25, 0.3) is 0 Å². The number of pyridine rings is 1. The first-order chi connectivity index (χ1) is 14.8. The number of likely N-dealkylation sites (tertiary alicyclic amines) is 1. The number of methoxy groups -OCH3 is 2. The maximum Gasteiger partial charge on any atom is 0.123 e. The molecule has 1 aliphatic heterocycles. The zero-order valence-corrected chi connectivity index (χ0v) is 17.6. The zero-order chi connectivity index (χ0) is 20.8. The molecule has 5 nitrogen and oxygen atoms in total. The number of hydrogen-bond acceptors (Lipinski definition) is 5. The van der Waals surface area contributed by atoms with Gasteiger partial charge < -0.3 is 14.2 Å². The molecule has 30 heavy (non-hydrogen) atoms. The summed E-state index contributed by atoms with van der Waals surface area (Å²) in [6.45, 7) is 2.52. The van der Waals surface area contributed by atoms with Crippen LogP contribution in [0.25, 0.3) is 0 Å². The minimum atomic E-state index is 0.331. The fourth-order valence-electron chi connectivity index (χ4n) is 4.04. The highest BCUT2D eigenvalue weighted by atomic mass is 16.5. The normalized spacial score (nSPS) is 16.4. The lowest BCUT2D eigenvalue weighted by molar-refractivity contribution is 0.242. The molecule has 0 radical (unpaired) electrons. The first-order valence-electron chi connectivity index (χ1n) is 10.3. The van der Waals surface area contributed by atoms with Gasteiger partial charge in [0.1, 0.15) is 23.9 Å². The molecule has 1 atom stereocenters. The first kappa shape index (κ1) is 20.2. The maximum atomic E-state index is 5.89. The SMILES string of the molecule is COc1ccc(OC)c([C@H]2CCCN2Cc2ccc(OCc3ccncc3)cc2)c1. The highest BCUT2D eigenvalue weighted by Crippen LogP contribution is 2.39. The van der Waals surface area contributed by atoms with E-state index in [2.05, 4.69) is 28.1 Å².